The first kappa shape index (κ1) is 10.5. The normalized spacial score (nSPS) is 15.3. The zero-order chi connectivity index (χ0) is 8.85. The largest absolute Gasteiger partial charge is 0.392 e. The first-order valence-corrected chi connectivity index (χ1v) is 4.44. The predicted octanol–water partition coefficient (Wildman–Crippen LogP) is 2.79. The van der Waals surface area contributed by atoms with Crippen molar-refractivity contribution in [3.05, 3.63) is 11.8 Å². The van der Waals surface area contributed by atoms with E-state index < -0.39 is 0 Å². The predicted molar refractivity (Wildman–Crippen MR) is 51.4 cm³/mol. The van der Waals surface area contributed by atoms with Gasteiger partial charge in [0, 0.05) is 12.7 Å². The van der Waals surface area contributed by atoms with Crippen LogP contribution in [0.1, 0.15) is 34.1 Å². The van der Waals surface area contributed by atoms with Crippen LogP contribution >= 0.6 is 0 Å². The highest BCUT2D eigenvalue weighted by molar-refractivity contribution is 4.97. The fraction of sp³-hybridized carbons (Fsp3) is 0.800. The van der Waals surface area contributed by atoms with Crippen molar-refractivity contribution in [1.29, 1.82) is 0 Å². The lowest BCUT2D eigenvalue weighted by Crippen LogP contribution is -2.12. The van der Waals surface area contributed by atoms with Gasteiger partial charge in [-0.25, -0.2) is 0 Å². The third kappa shape index (κ3) is 4.07. The van der Waals surface area contributed by atoms with E-state index in [9.17, 15) is 0 Å². The third-order valence-corrected chi connectivity index (χ3v) is 2.35. The fourth-order valence-corrected chi connectivity index (χ4v) is 0.947. The van der Waals surface area contributed by atoms with E-state index >= 15 is 0 Å². The molecule has 0 aromatic heterocycles. The Hall–Kier alpha value is -0.460. The summed E-state index contributed by atoms with van der Waals surface area (Å²) in [6.07, 6.45) is 3.32. The summed E-state index contributed by atoms with van der Waals surface area (Å²) in [5.41, 5.74) is 1.35. The Morgan fingerprint density at radius 3 is 2.18 bits per heavy atom. The van der Waals surface area contributed by atoms with Crippen LogP contribution in [0.4, 0.5) is 0 Å². The molecular weight excluding hydrogens is 134 g/mol. The summed E-state index contributed by atoms with van der Waals surface area (Å²) < 4.78 is 0. The van der Waals surface area contributed by atoms with Gasteiger partial charge >= 0.3 is 0 Å². The maximum absolute atomic E-state index is 3.20. The van der Waals surface area contributed by atoms with E-state index in [-0.39, 0.29) is 0 Å². The van der Waals surface area contributed by atoms with Crippen LogP contribution in [0.3, 0.4) is 0 Å². The Labute approximate surface area is 70.9 Å². The zero-order valence-corrected chi connectivity index (χ0v) is 8.44. The summed E-state index contributed by atoms with van der Waals surface area (Å²) in [5.74, 6) is 1.55. The molecule has 1 N–H and O–H groups in total. The molecule has 66 valence electrons. The molecule has 0 fully saturated rings. The van der Waals surface area contributed by atoms with Gasteiger partial charge in [-0.15, -0.1) is 0 Å². The van der Waals surface area contributed by atoms with Crippen LogP contribution in [-0.2, 0) is 0 Å². The second-order valence-corrected chi connectivity index (χ2v) is 3.49. The summed E-state index contributed by atoms with van der Waals surface area (Å²) in [6, 6.07) is 0. The molecule has 0 amide bonds. The van der Waals surface area contributed by atoms with Gasteiger partial charge in [-0.05, 0) is 25.2 Å². The number of rotatable bonds is 4. The maximum Gasteiger partial charge on any atom is 0.00634 e. The van der Waals surface area contributed by atoms with Crippen molar-refractivity contribution in [2.45, 2.75) is 34.1 Å². The Morgan fingerprint density at radius 1 is 1.36 bits per heavy atom. The van der Waals surface area contributed by atoms with Gasteiger partial charge < -0.3 is 5.32 Å². The van der Waals surface area contributed by atoms with Crippen molar-refractivity contribution in [2.75, 3.05) is 7.05 Å². The molecule has 0 aliphatic rings. The molecule has 1 heteroatoms. The summed E-state index contributed by atoms with van der Waals surface area (Å²) in [7, 11) is 1.99. The molecule has 0 bridgehead atoms. The summed E-state index contributed by atoms with van der Waals surface area (Å²) in [6.45, 7) is 8.92. The summed E-state index contributed by atoms with van der Waals surface area (Å²) >= 11 is 0. The lowest BCUT2D eigenvalue weighted by molar-refractivity contribution is 0.410. The molecule has 0 aromatic carbocycles. The molecule has 0 radical (unpaired) electrons. The topological polar surface area (TPSA) is 12.0 Å². The quantitative estimate of drug-likeness (QED) is 0.658. The zero-order valence-electron chi connectivity index (χ0n) is 8.44. The van der Waals surface area contributed by atoms with E-state index in [1.165, 1.54) is 12.1 Å². The second-order valence-electron chi connectivity index (χ2n) is 3.49. The average molecular weight is 155 g/mol. The summed E-state index contributed by atoms with van der Waals surface area (Å²) in [5, 5.41) is 3.20. The second kappa shape index (κ2) is 5.22. The molecule has 1 nitrogen and oxygen atoms in total. The molecule has 0 aromatic rings. The smallest absolute Gasteiger partial charge is 0.00634 e. The van der Waals surface area contributed by atoms with Gasteiger partial charge in [0.25, 0.3) is 0 Å². The van der Waals surface area contributed by atoms with Gasteiger partial charge in [0.05, 0.1) is 0 Å². The number of hydrogen-bond acceptors (Lipinski definition) is 1. The van der Waals surface area contributed by atoms with Gasteiger partial charge in [-0.2, -0.15) is 0 Å². The van der Waals surface area contributed by atoms with Crippen LogP contribution in [0.2, 0.25) is 0 Å². The Morgan fingerprint density at radius 2 is 1.91 bits per heavy atom. The van der Waals surface area contributed by atoms with Crippen molar-refractivity contribution < 1.29 is 0 Å². The van der Waals surface area contributed by atoms with E-state index in [0.717, 1.165) is 11.8 Å². The monoisotopic (exact) mass is 155 g/mol. The molecule has 0 rings (SSSR count). The lowest BCUT2D eigenvalue weighted by atomic mass is 9.93. The van der Waals surface area contributed by atoms with Crippen molar-refractivity contribution in [1.82, 2.24) is 5.32 Å². The SMILES string of the molecule is C/C=C(/CC(C)C(C)C)NC. The molecule has 0 aliphatic carbocycles. The number of allylic oxidation sites excluding steroid dienone is 2. The van der Waals surface area contributed by atoms with Crippen LogP contribution in [0.15, 0.2) is 11.8 Å². The Balaban J connectivity index is 3.82. The fourth-order valence-electron chi connectivity index (χ4n) is 0.947. The minimum Gasteiger partial charge on any atom is -0.392 e. The molecule has 1 unspecified atom stereocenters. The van der Waals surface area contributed by atoms with Crippen molar-refractivity contribution in [3.63, 3.8) is 0 Å². The highest BCUT2D eigenvalue weighted by Crippen LogP contribution is 2.17. The van der Waals surface area contributed by atoms with Crippen LogP contribution < -0.4 is 5.32 Å². The van der Waals surface area contributed by atoms with Crippen LogP contribution in [0.5, 0.6) is 0 Å². The minimum absolute atomic E-state index is 0.772. The molecule has 0 saturated carbocycles. The molecule has 0 spiro atoms. The highest BCUT2D eigenvalue weighted by Gasteiger charge is 2.07. The number of nitrogens with one attached hydrogen (secondary N) is 1. The van der Waals surface area contributed by atoms with Crippen LogP contribution in [0.25, 0.3) is 0 Å². The minimum atomic E-state index is 0.772. The molecule has 11 heavy (non-hydrogen) atoms. The summed E-state index contributed by atoms with van der Waals surface area (Å²) in [4.78, 5) is 0. The van der Waals surface area contributed by atoms with Crippen molar-refractivity contribution in [3.8, 4) is 0 Å². The Bertz CT molecular complexity index is 125. The van der Waals surface area contributed by atoms with Crippen molar-refractivity contribution >= 4 is 0 Å². The number of hydrogen-bond donors (Lipinski definition) is 1. The molecular formula is C10H21N. The highest BCUT2D eigenvalue weighted by atomic mass is 14.8. The third-order valence-electron chi connectivity index (χ3n) is 2.35. The van der Waals surface area contributed by atoms with E-state index in [2.05, 4.69) is 39.1 Å². The molecule has 0 saturated heterocycles. The van der Waals surface area contributed by atoms with E-state index in [1.54, 1.807) is 0 Å². The lowest BCUT2D eigenvalue weighted by Gasteiger charge is -2.16. The van der Waals surface area contributed by atoms with Crippen LogP contribution in [-0.4, -0.2) is 7.05 Å². The van der Waals surface area contributed by atoms with E-state index in [0.29, 0.717) is 0 Å². The standard InChI is InChI=1S/C10H21N/c1-6-10(11-5)7-9(4)8(2)3/h6,8-9,11H,7H2,1-5H3/b10-6-. The van der Waals surface area contributed by atoms with Gasteiger partial charge in [-0.1, -0.05) is 26.8 Å². The van der Waals surface area contributed by atoms with Gasteiger partial charge in [0.15, 0.2) is 0 Å². The van der Waals surface area contributed by atoms with Crippen molar-refractivity contribution in [2.24, 2.45) is 11.8 Å². The Kier molecular flexibility index (Phi) is 5.01. The van der Waals surface area contributed by atoms with Gasteiger partial charge in [-0.3, -0.25) is 0 Å². The van der Waals surface area contributed by atoms with E-state index in [4.69, 9.17) is 0 Å². The molecule has 0 aliphatic heterocycles. The van der Waals surface area contributed by atoms with Gasteiger partial charge in [0.1, 0.15) is 0 Å². The van der Waals surface area contributed by atoms with Gasteiger partial charge in [0.2, 0.25) is 0 Å². The maximum atomic E-state index is 3.20. The molecule has 0 heterocycles. The first-order valence-electron chi connectivity index (χ1n) is 4.44. The average Bonchev–Trinajstić information content (AvgIpc) is 1.99. The van der Waals surface area contributed by atoms with Crippen LogP contribution in [0, 0.1) is 11.8 Å². The molecule has 1 atom stereocenters. The van der Waals surface area contributed by atoms with E-state index in [1.807, 2.05) is 7.05 Å². The first-order chi connectivity index (χ1) is 5.11.